The maximum atomic E-state index is 10.8. The van der Waals surface area contributed by atoms with Gasteiger partial charge in [-0.25, -0.2) is 4.98 Å². The quantitative estimate of drug-likeness (QED) is 0.342. The van der Waals surface area contributed by atoms with Crippen LogP contribution in [0.3, 0.4) is 0 Å². The summed E-state index contributed by atoms with van der Waals surface area (Å²) in [5.74, 6) is 0.371. The molecule has 0 atom stereocenters. The minimum atomic E-state index is -0.510. The van der Waals surface area contributed by atoms with Gasteiger partial charge >= 0.3 is 0 Å². The Bertz CT molecular complexity index is 713. The van der Waals surface area contributed by atoms with Crippen molar-refractivity contribution in [2.45, 2.75) is 0 Å². The third-order valence-electron chi connectivity index (χ3n) is 2.43. The van der Waals surface area contributed by atoms with E-state index < -0.39 is 4.92 Å². The number of hydrogen-bond donors (Lipinski definition) is 2. The van der Waals surface area contributed by atoms with E-state index in [0.717, 1.165) is 0 Å². The van der Waals surface area contributed by atoms with E-state index in [1.165, 1.54) is 18.3 Å². The number of halogens is 2. The van der Waals surface area contributed by atoms with Crippen LogP contribution < -0.4 is 10.5 Å². The number of nitro benzene ring substituents is 1. The van der Waals surface area contributed by atoms with Gasteiger partial charge in [0.25, 0.3) is 5.69 Å². The summed E-state index contributed by atoms with van der Waals surface area (Å²) in [5.41, 5.74) is 5.54. The fourth-order valence-electron chi connectivity index (χ4n) is 1.53. The number of hydrogen-bond acceptors (Lipinski definition) is 5. The second kappa shape index (κ2) is 6.19. The number of amidine groups is 1. The van der Waals surface area contributed by atoms with Crippen molar-refractivity contribution in [1.29, 1.82) is 5.41 Å². The largest absolute Gasteiger partial charge is 0.453 e. The van der Waals surface area contributed by atoms with Crippen LogP contribution in [0.2, 0.25) is 0 Å². The van der Waals surface area contributed by atoms with Crippen molar-refractivity contribution in [3.8, 4) is 11.5 Å². The highest BCUT2D eigenvalue weighted by Crippen LogP contribution is 2.40. The molecule has 2 rings (SSSR count). The first kappa shape index (κ1) is 15.4. The van der Waals surface area contributed by atoms with Crippen molar-refractivity contribution < 1.29 is 9.66 Å². The molecule has 3 N–H and O–H groups in total. The molecule has 1 aromatic heterocycles. The molecule has 9 heteroatoms. The van der Waals surface area contributed by atoms with Crippen molar-refractivity contribution in [1.82, 2.24) is 4.98 Å². The number of rotatable bonds is 4. The summed E-state index contributed by atoms with van der Waals surface area (Å²) >= 11 is 6.44. The average molecular weight is 416 g/mol. The Morgan fingerprint density at radius 1 is 1.38 bits per heavy atom. The first-order valence-electron chi connectivity index (χ1n) is 5.51. The molecule has 0 aliphatic rings. The zero-order valence-electron chi connectivity index (χ0n) is 10.3. The Kier molecular flexibility index (Phi) is 4.53. The lowest BCUT2D eigenvalue weighted by atomic mass is 10.3. The highest BCUT2D eigenvalue weighted by atomic mass is 79.9. The van der Waals surface area contributed by atoms with Gasteiger partial charge in [-0.15, -0.1) is 0 Å². The van der Waals surface area contributed by atoms with Crippen LogP contribution in [0.4, 0.5) is 5.69 Å². The molecule has 0 bridgehead atoms. The first-order chi connectivity index (χ1) is 9.90. The van der Waals surface area contributed by atoms with Gasteiger partial charge in [0, 0.05) is 18.3 Å². The summed E-state index contributed by atoms with van der Waals surface area (Å²) in [6, 6.07) is 5.88. The molecule has 0 amide bonds. The number of non-ortho nitro benzene ring substituents is 1. The Morgan fingerprint density at radius 2 is 2.00 bits per heavy atom. The lowest BCUT2D eigenvalue weighted by Gasteiger charge is -2.12. The van der Waals surface area contributed by atoms with Gasteiger partial charge in [-0.3, -0.25) is 15.5 Å². The van der Waals surface area contributed by atoms with Gasteiger partial charge in [-0.2, -0.15) is 0 Å². The van der Waals surface area contributed by atoms with Crippen molar-refractivity contribution >= 4 is 43.4 Å². The SMILES string of the molecule is N=C(N)c1ncccc1Oc1c(Br)cc([N+](=O)[O-])cc1Br. The van der Waals surface area contributed by atoms with Gasteiger partial charge in [0.15, 0.2) is 11.5 Å². The zero-order chi connectivity index (χ0) is 15.6. The fraction of sp³-hybridized carbons (Fsp3) is 0. The molecular formula is C12H8Br2N4O3. The van der Waals surface area contributed by atoms with E-state index in [9.17, 15) is 10.1 Å². The molecular weight excluding hydrogens is 408 g/mol. The topological polar surface area (TPSA) is 115 Å². The van der Waals surface area contributed by atoms with Crippen LogP contribution in [0.5, 0.6) is 11.5 Å². The summed E-state index contributed by atoms with van der Waals surface area (Å²) < 4.78 is 6.45. The number of aromatic nitrogens is 1. The Balaban J connectivity index is 2.46. The smallest absolute Gasteiger partial charge is 0.271 e. The van der Waals surface area contributed by atoms with E-state index in [0.29, 0.717) is 14.7 Å². The summed E-state index contributed by atoms with van der Waals surface area (Å²) in [6.45, 7) is 0. The van der Waals surface area contributed by atoms with E-state index in [4.69, 9.17) is 15.9 Å². The number of nitrogens with two attached hydrogens (primary N) is 1. The molecule has 0 radical (unpaired) electrons. The van der Waals surface area contributed by atoms with Gasteiger partial charge in [0.1, 0.15) is 11.5 Å². The number of nitrogens with zero attached hydrogens (tertiary/aromatic N) is 2. The number of nitro groups is 1. The number of ether oxygens (including phenoxy) is 1. The standard InChI is InChI=1S/C12H8Br2N4O3/c13-7-4-6(18(19)20)5-8(14)11(7)21-9-2-1-3-17-10(9)12(15)16/h1-5H,(H3,15,16). The van der Waals surface area contributed by atoms with Crippen molar-refractivity contribution in [3.05, 3.63) is 55.2 Å². The van der Waals surface area contributed by atoms with Gasteiger partial charge < -0.3 is 10.5 Å². The van der Waals surface area contributed by atoms with Crippen LogP contribution in [0, 0.1) is 15.5 Å². The van der Waals surface area contributed by atoms with E-state index in [-0.39, 0.29) is 23.0 Å². The summed E-state index contributed by atoms with van der Waals surface area (Å²) in [5, 5.41) is 18.2. The van der Waals surface area contributed by atoms with Gasteiger partial charge in [-0.05, 0) is 44.0 Å². The maximum absolute atomic E-state index is 10.8. The first-order valence-corrected chi connectivity index (χ1v) is 7.09. The van der Waals surface area contributed by atoms with Crippen LogP contribution in [0.1, 0.15) is 5.69 Å². The zero-order valence-corrected chi connectivity index (χ0v) is 13.5. The van der Waals surface area contributed by atoms with Crippen molar-refractivity contribution in [2.75, 3.05) is 0 Å². The van der Waals surface area contributed by atoms with Crippen LogP contribution in [0.15, 0.2) is 39.4 Å². The number of nitrogens with one attached hydrogen (secondary N) is 1. The van der Waals surface area contributed by atoms with Gasteiger partial charge in [0.2, 0.25) is 0 Å². The lowest BCUT2D eigenvalue weighted by molar-refractivity contribution is -0.385. The molecule has 1 aromatic carbocycles. The second-order valence-electron chi connectivity index (χ2n) is 3.86. The number of pyridine rings is 1. The Morgan fingerprint density at radius 3 is 2.52 bits per heavy atom. The van der Waals surface area contributed by atoms with E-state index in [1.54, 1.807) is 12.1 Å². The van der Waals surface area contributed by atoms with E-state index >= 15 is 0 Å². The Labute approximate surface area is 136 Å². The van der Waals surface area contributed by atoms with Crippen LogP contribution in [-0.4, -0.2) is 15.7 Å². The molecule has 0 saturated heterocycles. The fourth-order valence-corrected chi connectivity index (χ4v) is 2.86. The minimum Gasteiger partial charge on any atom is -0.453 e. The third kappa shape index (κ3) is 3.37. The molecule has 0 spiro atoms. The lowest BCUT2D eigenvalue weighted by Crippen LogP contribution is -2.14. The predicted octanol–water partition coefficient (Wildman–Crippen LogP) is 3.59. The average Bonchev–Trinajstić information content (AvgIpc) is 2.42. The molecule has 108 valence electrons. The molecule has 0 unspecified atom stereocenters. The van der Waals surface area contributed by atoms with E-state index in [2.05, 4.69) is 36.8 Å². The summed E-state index contributed by atoms with van der Waals surface area (Å²) in [7, 11) is 0. The number of nitrogen functional groups attached to an aromatic ring is 1. The number of benzene rings is 1. The summed E-state index contributed by atoms with van der Waals surface area (Å²) in [4.78, 5) is 14.2. The van der Waals surface area contributed by atoms with E-state index in [1.807, 2.05) is 0 Å². The Hall–Kier alpha value is -2.00. The molecule has 21 heavy (non-hydrogen) atoms. The van der Waals surface area contributed by atoms with Crippen molar-refractivity contribution in [2.24, 2.45) is 5.73 Å². The van der Waals surface area contributed by atoms with Crippen molar-refractivity contribution in [3.63, 3.8) is 0 Å². The molecule has 1 heterocycles. The van der Waals surface area contributed by atoms with Gasteiger partial charge in [0.05, 0.1) is 13.9 Å². The monoisotopic (exact) mass is 414 g/mol. The van der Waals surface area contributed by atoms with Crippen LogP contribution >= 0.6 is 31.9 Å². The molecule has 7 nitrogen and oxygen atoms in total. The second-order valence-corrected chi connectivity index (χ2v) is 5.57. The van der Waals surface area contributed by atoms with Crippen LogP contribution in [0.25, 0.3) is 0 Å². The molecule has 0 aliphatic carbocycles. The normalized spacial score (nSPS) is 10.2. The molecule has 0 fully saturated rings. The highest BCUT2D eigenvalue weighted by Gasteiger charge is 2.17. The van der Waals surface area contributed by atoms with Gasteiger partial charge in [-0.1, -0.05) is 0 Å². The summed E-state index contributed by atoms with van der Waals surface area (Å²) in [6.07, 6.45) is 1.49. The third-order valence-corrected chi connectivity index (χ3v) is 3.61. The highest BCUT2D eigenvalue weighted by molar-refractivity contribution is 9.11. The molecule has 2 aromatic rings. The molecule has 0 saturated carbocycles. The minimum absolute atomic E-state index is 0.0842. The predicted molar refractivity (Wildman–Crippen MR) is 83.8 cm³/mol. The van der Waals surface area contributed by atoms with Crippen LogP contribution in [-0.2, 0) is 0 Å². The molecule has 0 aliphatic heterocycles. The maximum Gasteiger partial charge on any atom is 0.271 e.